The summed E-state index contributed by atoms with van der Waals surface area (Å²) in [6.45, 7) is 1.67. The van der Waals surface area contributed by atoms with Gasteiger partial charge in [-0.15, -0.1) is 5.92 Å². The summed E-state index contributed by atoms with van der Waals surface area (Å²) in [5.74, 6) is 5.39. The zero-order chi connectivity index (χ0) is 8.85. The summed E-state index contributed by atoms with van der Waals surface area (Å²) in [7, 11) is 0. The maximum atomic E-state index is 5.38. The maximum Gasteiger partial charge on any atom is 0.110 e. The molecule has 0 saturated heterocycles. The molecular weight excluding hydrogens is 162 g/mol. The van der Waals surface area contributed by atoms with Gasteiger partial charge >= 0.3 is 0 Å². The molecule has 0 heterocycles. The molecule has 0 radical (unpaired) electrons. The van der Waals surface area contributed by atoms with Gasteiger partial charge in [0.1, 0.15) is 11.0 Å². The number of halogens is 1. The molecule has 0 aliphatic heterocycles. The van der Waals surface area contributed by atoms with E-state index < -0.39 is 0 Å². The van der Waals surface area contributed by atoms with Crippen LogP contribution >= 0.6 is 11.6 Å². The van der Waals surface area contributed by atoms with E-state index >= 15 is 0 Å². The van der Waals surface area contributed by atoms with Gasteiger partial charge in [-0.2, -0.15) is 0 Å². The Balaban J connectivity index is 4.76. The van der Waals surface area contributed by atoms with E-state index in [0.717, 1.165) is 0 Å². The van der Waals surface area contributed by atoms with Gasteiger partial charge in [0, 0.05) is 0 Å². The third-order valence-electron chi connectivity index (χ3n) is 0.853. The first-order valence-corrected chi connectivity index (χ1v) is 3.26. The summed E-state index contributed by atoms with van der Waals surface area (Å²) in [5, 5.41) is 0.108. The van der Waals surface area contributed by atoms with Gasteiger partial charge in [0.25, 0.3) is 0 Å². The van der Waals surface area contributed by atoms with Crippen molar-refractivity contribution in [2.45, 2.75) is 6.92 Å². The molecule has 0 aliphatic carbocycles. The smallest absolute Gasteiger partial charge is 0.110 e. The molecule has 0 unspecified atom stereocenters. The second kappa shape index (κ2) is 4.53. The third kappa shape index (κ3) is 4.18. The molecule has 3 nitrogen and oxygen atoms in total. The normalized spacial score (nSPS) is 9.82. The average Bonchev–Trinajstić information content (AvgIpc) is 1.86. The van der Waals surface area contributed by atoms with Crippen molar-refractivity contribution in [1.29, 1.82) is 0 Å². The monoisotopic (exact) mass is 171 g/mol. The standard InChI is InChI=1S/C7H10ClN3/c1-2-3-5(7(10)11)4-6(8)9/h4H,9-11H2,1H3/b6-4-. The van der Waals surface area contributed by atoms with Crippen LogP contribution in [0.3, 0.4) is 0 Å². The molecule has 0 aromatic rings. The fourth-order valence-corrected chi connectivity index (χ4v) is 0.573. The first-order chi connectivity index (χ1) is 5.07. The summed E-state index contributed by atoms with van der Waals surface area (Å²) in [6, 6.07) is 0. The molecule has 0 bridgehead atoms. The van der Waals surface area contributed by atoms with Crippen molar-refractivity contribution in [2.24, 2.45) is 17.2 Å². The van der Waals surface area contributed by atoms with Gasteiger partial charge in [-0.05, 0) is 13.0 Å². The van der Waals surface area contributed by atoms with E-state index in [1.165, 1.54) is 6.08 Å². The highest BCUT2D eigenvalue weighted by molar-refractivity contribution is 6.29. The van der Waals surface area contributed by atoms with Crippen LogP contribution in [0.15, 0.2) is 22.6 Å². The van der Waals surface area contributed by atoms with Crippen LogP contribution in [0.2, 0.25) is 0 Å². The fraction of sp³-hybridized carbons (Fsp3) is 0.143. The molecule has 0 fully saturated rings. The van der Waals surface area contributed by atoms with E-state index in [9.17, 15) is 0 Å². The largest absolute Gasteiger partial charge is 0.389 e. The zero-order valence-electron chi connectivity index (χ0n) is 6.19. The average molecular weight is 172 g/mol. The van der Waals surface area contributed by atoms with Gasteiger partial charge in [0.05, 0.1) is 5.57 Å². The fourth-order valence-electron chi connectivity index (χ4n) is 0.464. The Labute approximate surface area is 70.9 Å². The molecule has 0 aliphatic rings. The van der Waals surface area contributed by atoms with Crippen molar-refractivity contribution in [3.63, 3.8) is 0 Å². The third-order valence-corrected chi connectivity index (χ3v) is 0.962. The quantitative estimate of drug-likeness (QED) is 0.299. The van der Waals surface area contributed by atoms with Crippen molar-refractivity contribution in [2.75, 3.05) is 0 Å². The highest BCUT2D eigenvalue weighted by Crippen LogP contribution is 2.00. The van der Waals surface area contributed by atoms with Crippen molar-refractivity contribution in [1.82, 2.24) is 0 Å². The molecule has 0 rings (SSSR count). The predicted octanol–water partition coefficient (Wildman–Crippen LogP) is 0.178. The highest BCUT2D eigenvalue weighted by Gasteiger charge is 1.92. The Morgan fingerprint density at radius 1 is 1.36 bits per heavy atom. The zero-order valence-corrected chi connectivity index (χ0v) is 6.94. The number of rotatable bonds is 1. The Kier molecular flexibility index (Phi) is 4.01. The number of allylic oxidation sites excluding steroid dienone is 2. The molecule has 0 amide bonds. The lowest BCUT2D eigenvalue weighted by molar-refractivity contribution is 1.22. The van der Waals surface area contributed by atoms with Gasteiger partial charge in [-0.25, -0.2) is 0 Å². The summed E-state index contributed by atoms with van der Waals surface area (Å²) < 4.78 is 0. The summed E-state index contributed by atoms with van der Waals surface area (Å²) in [4.78, 5) is 0. The van der Waals surface area contributed by atoms with Gasteiger partial charge in [0.15, 0.2) is 0 Å². The van der Waals surface area contributed by atoms with Crippen LogP contribution in [-0.2, 0) is 0 Å². The van der Waals surface area contributed by atoms with Crippen molar-refractivity contribution in [3.05, 3.63) is 22.6 Å². The second-order valence-electron chi connectivity index (χ2n) is 1.77. The van der Waals surface area contributed by atoms with E-state index in [4.69, 9.17) is 28.8 Å². The number of hydrogen-bond acceptors (Lipinski definition) is 3. The predicted molar refractivity (Wildman–Crippen MR) is 47.0 cm³/mol. The Hall–Kier alpha value is -1.27. The van der Waals surface area contributed by atoms with E-state index in [1.54, 1.807) is 6.92 Å². The van der Waals surface area contributed by atoms with Gasteiger partial charge in [-0.3, -0.25) is 0 Å². The molecule has 11 heavy (non-hydrogen) atoms. The lowest BCUT2D eigenvalue weighted by atomic mass is 10.2. The van der Waals surface area contributed by atoms with Crippen LogP contribution in [0.1, 0.15) is 6.92 Å². The minimum atomic E-state index is 0.108. The lowest BCUT2D eigenvalue weighted by Gasteiger charge is -1.94. The van der Waals surface area contributed by atoms with Gasteiger partial charge in [0.2, 0.25) is 0 Å². The van der Waals surface area contributed by atoms with Crippen LogP contribution < -0.4 is 17.2 Å². The van der Waals surface area contributed by atoms with Crippen LogP contribution in [0.5, 0.6) is 0 Å². The Morgan fingerprint density at radius 2 is 1.91 bits per heavy atom. The van der Waals surface area contributed by atoms with Gasteiger partial charge in [-0.1, -0.05) is 17.5 Å². The van der Waals surface area contributed by atoms with Crippen LogP contribution in [0.25, 0.3) is 0 Å². The molecular formula is C7H10ClN3. The Bertz CT molecular complexity index is 247. The highest BCUT2D eigenvalue weighted by atomic mass is 35.5. The first-order valence-electron chi connectivity index (χ1n) is 2.88. The van der Waals surface area contributed by atoms with Crippen LogP contribution in [0.4, 0.5) is 0 Å². The lowest BCUT2D eigenvalue weighted by Crippen LogP contribution is -2.11. The molecule has 60 valence electrons. The molecule has 0 aromatic heterocycles. The maximum absolute atomic E-state index is 5.38. The summed E-state index contributed by atoms with van der Waals surface area (Å²) >= 11 is 5.38. The molecule has 6 N–H and O–H groups in total. The Morgan fingerprint density at radius 3 is 2.18 bits per heavy atom. The number of nitrogens with two attached hydrogens (primary N) is 3. The van der Waals surface area contributed by atoms with Crippen LogP contribution in [-0.4, -0.2) is 0 Å². The van der Waals surface area contributed by atoms with Crippen molar-refractivity contribution < 1.29 is 0 Å². The summed E-state index contributed by atoms with van der Waals surface area (Å²) in [6.07, 6.45) is 1.41. The topological polar surface area (TPSA) is 78.1 Å². The minimum absolute atomic E-state index is 0.108. The molecule has 0 spiro atoms. The van der Waals surface area contributed by atoms with E-state index in [-0.39, 0.29) is 11.0 Å². The van der Waals surface area contributed by atoms with Crippen molar-refractivity contribution >= 4 is 11.6 Å². The summed E-state index contributed by atoms with van der Waals surface area (Å²) in [5.41, 5.74) is 16.2. The molecule has 0 aromatic carbocycles. The minimum Gasteiger partial charge on any atom is -0.389 e. The van der Waals surface area contributed by atoms with E-state index in [2.05, 4.69) is 11.8 Å². The molecule has 4 heteroatoms. The van der Waals surface area contributed by atoms with Crippen molar-refractivity contribution in [3.8, 4) is 11.8 Å². The second-order valence-corrected chi connectivity index (χ2v) is 2.21. The van der Waals surface area contributed by atoms with E-state index in [0.29, 0.717) is 5.57 Å². The van der Waals surface area contributed by atoms with E-state index in [1.807, 2.05) is 0 Å². The molecule has 0 atom stereocenters. The molecule has 0 saturated carbocycles. The number of hydrogen-bond donors (Lipinski definition) is 3. The first kappa shape index (κ1) is 9.73. The van der Waals surface area contributed by atoms with Crippen LogP contribution in [0, 0.1) is 11.8 Å². The van der Waals surface area contributed by atoms with Gasteiger partial charge < -0.3 is 17.2 Å². The SMILES string of the molecule is CC#CC(/C=C(\N)Cl)=C(N)N.